The maximum Gasteiger partial charge on any atom is 0.416 e. The summed E-state index contributed by atoms with van der Waals surface area (Å²) in [6.07, 6.45) is -4.35. The molecule has 136 valence electrons. The van der Waals surface area contributed by atoms with Crippen molar-refractivity contribution in [3.05, 3.63) is 70.5 Å². The number of aryl methyl sites for hydroxylation is 3. The summed E-state index contributed by atoms with van der Waals surface area (Å²) < 4.78 is 38.0. The average Bonchev–Trinajstić information content (AvgIpc) is 2.96. The van der Waals surface area contributed by atoms with Gasteiger partial charge in [0.1, 0.15) is 0 Å². The molecule has 0 fully saturated rings. The monoisotopic (exact) mass is 377 g/mol. The fraction of sp³-hybridized carbons (Fsp3) is 0.263. The van der Waals surface area contributed by atoms with E-state index < -0.39 is 11.7 Å². The van der Waals surface area contributed by atoms with E-state index in [1.54, 1.807) is 11.8 Å². The van der Waals surface area contributed by atoms with E-state index in [0.717, 1.165) is 28.4 Å². The zero-order chi connectivity index (χ0) is 18.9. The molecular weight excluding hydrogens is 359 g/mol. The van der Waals surface area contributed by atoms with Crippen LogP contribution in [-0.2, 0) is 11.9 Å². The Hall–Kier alpha value is -2.28. The number of benzene rings is 2. The number of hydrogen-bond acceptors (Lipinski definition) is 3. The maximum absolute atomic E-state index is 12.7. The lowest BCUT2D eigenvalue weighted by molar-refractivity contribution is -0.137. The van der Waals surface area contributed by atoms with Crippen molar-refractivity contribution in [2.75, 3.05) is 0 Å². The fourth-order valence-corrected chi connectivity index (χ4v) is 3.39. The minimum atomic E-state index is -4.35. The lowest BCUT2D eigenvalue weighted by atomic mass is 10.1. The zero-order valence-corrected chi connectivity index (χ0v) is 15.4. The molecule has 7 heteroatoms. The molecule has 0 atom stereocenters. The largest absolute Gasteiger partial charge is 0.416 e. The van der Waals surface area contributed by atoms with Crippen molar-refractivity contribution in [2.24, 2.45) is 0 Å². The molecule has 1 aromatic heterocycles. The fourth-order valence-electron chi connectivity index (χ4n) is 2.40. The number of nitrogens with zero attached hydrogens (tertiary/aromatic N) is 3. The first-order chi connectivity index (χ1) is 12.2. The smallest absolute Gasteiger partial charge is 0.166 e. The number of thioether (sulfide) groups is 1. The molecule has 0 bridgehead atoms. The number of aromatic nitrogens is 3. The predicted molar refractivity (Wildman–Crippen MR) is 96.6 cm³/mol. The van der Waals surface area contributed by atoms with Gasteiger partial charge in [-0.15, -0.1) is 11.8 Å². The quantitative estimate of drug-likeness (QED) is 0.562. The standard InChI is InChI=1S/C19H18F3N3S/c1-12-4-9-17(10-13(12)2)26-11-18-14(3)23-25(24-18)16-7-5-15(6-8-16)19(20,21)22/h4-10H,11H2,1-3H3. The minimum Gasteiger partial charge on any atom is -0.166 e. The molecule has 3 aromatic rings. The van der Waals surface area contributed by atoms with Gasteiger partial charge < -0.3 is 0 Å². The lowest BCUT2D eigenvalue weighted by Crippen LogP contribution is -2.06. The lowest BCUT2D eigenvalue weighted by Gasteiger charge is -2.07. The summed E-state index contributed by atoms with van der Waals surface area (Å²) in [6, 6.07) is 11.1. The molecule has 3 nitrogen and oxygen atoms in total. The summed E-state index contributed by atoms with van der Waals surface area (Å²) in [7, 11) is 0. The molecule has 1 heterocycles. The van der Waals surface area contributed by atoms with E-state index >= 15 is 0 Å². The summed E-state index contributed by atoms with van der Waals surface area (Å²) in [5, 5.41) is 8.76. The van der Waals surface area contributed by atoms with E-state index in [9.17, 15) is 13.2 Å². The van der Waals surface area contributed by atoms with Crippen molar-refractivity contribution in [3.63, 3.8) is 0 Å². The van der Waals surface area contributed by atoms with Crippen LogP contribution in [0.4, 0.5) is 13.2 Å². The van der Waals surface area contributed by atoms with E-state index in [2.05, 4.69) is 42.2 Å². The maximum atomic E-state index is 12.7. The normalized spacial score (nSPS) is 11.8. The number of alkyl halides is 3. The van der Waals surface area contributed by atoms with E-state index in [0.29, 0.717) is 11.4 Å². The third-order valence-corrected chi connectivity index (χ3v) is 5.16. The highest BCUT2D eigenvalue weighted by Gasteiger charge is 2.30. The molecule has 0 aliphatic rings. The van der Waals surface area contributed by atoms with Crippen LogP contribution in [0.15, 0.2) is 47.4 Å². The van der Waals surface area contributed by atoms with Crippen molar-refractivity contribution >= 4 is 11.8 Å². The van der Waals surface area contributed by atoms with E-state index in [4.69, 9.17) is 0 Å². The summed E-state index contributed by atoms with van der Waals surface area (Å²) in [5.74, 6) is 0.648. The van der Waals surface area contributed by atoms with Gasteiger partial charge in [-0.05, 0) is 68.3 Å². The first-order valence-corrected chi connectivity index (χ1v) is 9.03. The van der Waals surface area contributed by atoms with Crippen molar-refractivity contribution in [3.8, 4) is 5.69 Å². The van der Waals surface area contributed by atoms with Crippen LogP contribution in [-0.4, -0.2) is 15.0 Å². The van der Waals surface area contributed by atoms with Gasteiger partial charge in [-0.25, -0.2) is 0 Å². The Kier molecular flexibility index (Phi) is 5.09. The summed E-state index contributed by atoms with van der Waals surface area (Å²) >= 11 is 1.66. The highest BCUT2D eigenvalue weighted by molar-refractivity contribution is 7.98. The molecule has 26 heavy (non-hydrogen) atoms. The highest BCUT2D eigenvalue weighted by atomic mass is 32.2. The third kappa shape index (κ3) is 4.09. The number of hydrogen-bond donors (Lipinski definition) is 0. The first kappa shape index (κ1) is 18.5. The molecule has 0 amide bonds. The van der Waals surface area contributed by atoms with Gasteiger partial charge in [-0.2, -0.15) is 28.2 Å². The van der Waals surface area contributed by atoms with Crippen LogP contribution in [0.3, 0.4) is 0 Å². The Balaban J connectivity index is 1.75. The van der Waals surface area contributed by atoms with Gasteiger partial charge in [-0.3, -0.25) is 0 Å². The highest BCUT2D eigenvalue weighted by Crippen LogP contribution is 2.30. The van der Waals surface area contributed by atoms with Crippen LogP contribution in [0.1, 0.15) is 28.1 Å². The van der Waals surface area contributed by atoms with E-state index in [1.807, 2.05) is 6.92 Å². The Morgan fingerprint density at radius 3 is 2.23 bits per heavy atom. The molecule has 2 aromatic carbocycles. The van der Waals surface area contributed by atoms with Crippen LogP contribution in [0.2, 0.25) is 0 Å². The van der Waals surface area contributed by atoms with Crippen LogP contribution >= 0.6 is 11.8 Å². The van der Waals surface area contributed by atoms with Gasteiger partial charge in [0.25, 0.3) is 0 Å². The molecule has 0 saturated carbocycles. The van der Waals surface area contributed by atoms with Crippen LogP contribution in [0.5, 0.6) is 0 Å². The predicted octanol–water partition coefficient (Wildman–Crippen LogP) is 5.50. The minimum absolute atomic E-state index is 0.503. The van der Waals surface area contributed by atoms with E-state index in [1.165, 1.54) is 28.1 Å². The van der Waals surface area contributed by atoms with Gasteiger partial charge in [0.05, 0.1) is 22.6 Å². The van der Waals surface area contributed by atoms with Crippen molar-refractivity contribution in [2.45, 2.75) is 37.6 Å². The molecule has 3 rings (SSSR count). The molecule has 0 unspecified atom stereocenters. The number of halogens is 3. The Bertz CT molecular complexity index is 915. The van der Waals surface area contributed by atoms with Gasteiger partial charge >= 0.3 is 6.18 Å². The second-order valence-electron chi connectivity index (χ2n) is 6.10. The third-order valence-electron chi connectivity index (χ3n) is 4.16. The van der Waals surface area contributed by atoms with Crippen molar-refractivity contribution in [1.29, 1.82) is 0 Å². The Morgan fingerprint density at radius 1 is 0.923 bits per heavy atom. The molecule has 0 spiro atoms. The topological polar surface area (TPSA) is 30.7 Å². The molecule has 0 saturated heterocycles. The molecule has 0 N–H and O–H groups in total. The summed E-state index contributed by atoms with van der Waals surface area (Å²) in [5.41, 5.74) is 3.88. The zero-order valence-electron chi connectivity index (χ0n) is 14.6. The van der Waals surface area contributed by atoms with Gasteiger partial charge in [0.2, 0.25) is 0 Å². The number of rotatable bonds is 4. The first-order valence-electron chi connectivity index (χ1n) is 8.04. The molecule has 0 radical (unpaired) electrons. The van der Waals surface area contributed by atoms with Crippen LogP contribution in [0, 0.1) is 20.8 Å². The van der Waals surface area contributed by atoms with Gasteiger partial charge in [-0.1, -0.05) is 6.07 Å². The van der Waals surface area contributed by atoms with Crippen molar-refractivity contribution in [1.82, 2.24) is 15.0 Å². The summed E-state index contributed by atoms with van der Waals surface area (Å²) in [6.45, 7) is 6.00. The van der Waals surface area contributed by atoms with E-state index in [-0.39, 0.29) is 0 Å². The van der Waals surface area contributed by atoms with Crippen LogP contribution in [0.25, 0.3) is 5.69 Å². The molecule has 0 aliphatic heterocycles. The Morgan fingerprint density at radius 2 is 1.62 bits per heavy atom. The van der Waals surface area contributed by atoms with Gasteiger partial charge in [0, 0.05) is 10.6 Å². The second kappa shape index (κ2) is 7.15. The summed E-state index contributed by atoms with van der Waals surface area (Å²) in [4.78, 5) is 2.53. The second-order valence-corrected chi connectivity index (χ2v) is 7.15. The van der Waals surface area contributed by atoms with Crippen LogP contribution < -0.4 is 0 Å². The molecular formula is C19H18F3N3S. The molecule has 0 aliphatic carbocycles. The Labute approximate surface area is 154 Å². The van der Waals surface area contributed by atoms with Crippen molar-refractivity contribution < 1.29 is 13.2 Å². The van der Waals surface area contributed by atoms with Gasteiger partial charge in [0.15, 0.2) is 0 Å². The average molecular weight is 377 g/mol. The SMILES string of the molecule is Cc1ccc(SCc2nn(-c3ccc(C(F)(F)F)cc3)nc2C)cc1C.